The molecule has 0 aliphatic rings. The van der Waals surface area contributed by atoms with Gasteiger partial charge in [0.1, 0.15) is 5.75 Å². The van der Waals surface area contributed by atoms with E-state index in [0.717, 1.165) is 0 Å². The third kappa shape index (κ3) is 8.06. The minimum absolute atomic E-state index is 0. The van der Waals surface area contributed by atoms with Crippen LogP contribution in [0.4, 0.5) is 0 Å². The summed E-state index contributed by atoms with van der Waals surface area (Å²) >= 11 is 0. The van der Waals surface area contributed by atoms with Gasteiger partial charge in [0.15, 0.2) is 5.96 Å². The monoisotopic (exact) mass is 420 g/mol. The molecule has 0 saturated heterocycles. The first-order valence-electron chi connectivity index (χ1n) is 6.82. The van der Waals surface area contributed by atoms with Gasteiger partial charge in [-0.1, -0.05) is 6.07 Å². The zero-order valence-corrected chi connectivity index (χ0v) is 15.8. The molecule has 22 heavy (non-hydrogen) atoms. The predicted molar refractivity (Wildman–Crippen MR) is 100 cm³/mol. The van der Waals surface area contributed by atoms with Crippen LogP contribution in [0.2, 0.25) is 0 Å². The lowest BCUT2D eigenvalue weighted by Crippen LogP contribution is -2.45. The Morgan fingerprint density at radius 2 is 2.05 bits per heavy atom. The maximum absolute atomic E-state index is 11.9. The molecule has 1 amide bonds. The topological polar surface area (TPSA) is 88.7 Å². The third-order valence-corrected chi connectivity index (χ3v) is 2.51. The van der Waals surface area contributed by atoms with Crippen molar-refractivity contribution in [3.63, 3.8) is 0 Å². The molecule has 0 heterocycles. The Morgan fingerprint density at radius 3 is 2.64 bits per heavy atom. The van der Waals surface area contributed by atoms with Crippen molar-refractivity contribution in [1.29, 1.82) is 0 Å². The third-order valence-electron chi connectivity index (χ3n) is 2.51. The lowest BCUT2D eigenvalue weighted by molar-refractivity contribution is 0.0954. The molecule has 0 aliphatic carbocycles. The number of carbonyl (C=O) groups is 1. The molecule has 124 valence electrons. The van der Waals surface area contributed by atoms with Crippen LogP contribution in [0.15, 0.2) is 29.3 Å². The summed E-state index contributed by atoms with van der Waals surface area (Å²) in [6.07, 6.45) is 0. The minimum atomic E-state index is -0.161. The number of ether oxygens (including phenoxy) is 1. The molecule has 7 heteroatoms. The summed E-state index contributed by atoms with van der Waals surface area (Å²) in [4.78, 5) is 16.1. The van der Waals surface area contributed by atoms with Gasteiger partial charge in [0, 0.05) is 17.6 Å². The van der Waals surface area contributed by atoms with Crippen molar-refractivity contribution in [3.05, 3.63) is 29.8 Å². The summed E-state index contributed by atoms with van der Waals surface area (Å²) in [5.41, 5.74) is 6.16. The van der Waals surface area contributed by atoms with E-state index < -0.39 is 0 Å². The van der Waals surface area contributed by atoms with E-state index in [4.69, 9.17) is 10.5 Å². The second-order valence-electron chi connectivity index (χ2n) is 5.63. The number of methoxy groups -OCH3 is 1. The normalized spacial score (nSPS) is 11.4. The van der Waals surface area contributed by atoms with Gasteiger partial charge in [-0.3, -0.25) is 9.79 Å². The maximum Gasteiger partial charge on any atom is 0.251 e. The fourth-order valence-corrected chi connectivity index (χ4v) is 1.64. The molecule has 1 aromatic carbocycles. The zero-order chi connectivity index (χ0) is 15.9. The van der Waals surface area contributed by atoms with Gasteiger partial charge in [-0.15, -0.1) is 24.0 Å². The van der Waals surface area contributed by atoms with Gasteiger partial charge < -0.3 is 21.1 Å². The summed E-state index contributed by atoms with van der Waals surface area (Å²) < 4.78 is 5.08. The van der Waals surface area contributed by atoms with Crippen molar-refractivity contribution in [2.24, 2.45) is 10.7 Å². The Morgan fingerprint density at radius 1 is 1.36 bits per heavy atom. The van der Waals surface area contributed by atoms with Crippen molar-refractivity contribution in [1.82, 2.24) is 10.6 Å². The van der Waals surface area contributed by atoms with Crippen molar-refractivity contribution in [3.8, 4) is 5.75 Å². The Balaban J connectivity index is 0.00000441. The average molecular weight is 420 g/mol. The van der Waals surface area contributed by atoms with Gasteiger partial charge in [-0.25, -0.2) is 0 Å². The van der Waals surface area contributed by atoms with Crippen molar-refractivity contribution >= 4 is 35.8 Å². The van der Waals surface area contributed by atoms with E-state index in [1.807, 2.05) is 20.8 Å². The second kappa shape index (κ2) is 9.50. The van der Waals surface area contributed by atoms with Gasteiger partial charge in [0.25, 0.3) is 5.91 Å². The molecule has 0 radical (unpaired) electrons. The molecule has 0 atom stereocenters. The quantitative estimate of drug-likeness (QED) is 0.293. The predicted octanol–water partition coefficient (Wildman–Crippen LogP) is 1.75. The molecule has 1 aromatic rings. The number of guanidine groups is 1. The number of nitrogens with one attached hydrogen (secondary N) is 2. The maximum atomic E-state index is 11.9. The summed E-state index contributed by atoms with van der Waals surface area (Å²) in [7, 11) is 1.57. The number of aliphatic imine (C=N–C) groups is 1. The smallest absolute Gasteiger partial charge is 0.251 e. The number of hydrogen-bond acceptors (Lipinski definition) is 3. The van der Waals surface area contributed by atoms with E-state index in [1.165, 1.54) is 0 Å². The highest BCUT2D eigenvalue weighted by atomic mass is 127. The number of hydrogen-bond donors (Lipinski definition) is 3. The van der Waals surface area contributed by atoms with E-state index in [2.05, 4.69) is 15.6 Å². The van der Waals surface area contributed by atoms with Crippen LogP contribution in [0.1, 0.15) is 31.1 Å². The lowest BCUT2D eigenvalue weighted by Gasteiger charge is -2.20. The lowest BCUT2D eigenvalue weighted by atomic mass is 10.1. The summed E-state index contributed by atoms with van der Waals surface area (Å²) in [6, 6.07) is 6.99. The first-order valence-corrected chi connectivity index (χ1v) is 6.82. The minimum Gasteiger partial charge on any atom is -0.497 e. The Bertz CT molecular complexity index is 513. The first kappa shape index (κ1) is 20.5. The molecular weight excluding hydrogens is 395 g/mol. The fraction of sp³-hybridized carbons (Fsp3) is 0.467. The number of halogens is 1. The van der Waals surface area contributed by atoms with E-state index >= 15 is 0 Å². The highest BCUT2D eigenvalue weighted by molar-refractivity contribution is 14.0. The standard InChI is InChI=1S/C15H24N4O2.HI/c1-15(2,3)19-14(16)18-9-8-17-13(20)11-6-5-7-12(10-11)21-4;/h5-7,10H,8-9H2,1-4H3,(H,17,20)(H3,16,18,19);1H. The number of nitrogens with two attached hydrogens (primary N) is 1. The molecule has 0 aliphatic heterocycles. The van der Waals surface area contributed by atoms with Crippen LogP contribution < -0.4 is 21.1 Å². The molecule has 0 bridgehead atoms. The first-order chi connectivity index (χ1) is 9.81. The Kier molecular flexibility index (Phi) is 8.84. The van der Waals surface area contributed by atoms with Crippen molar-refractivity contribution < 1.29 is 9.53 Å². The van der Waals surface area contributed by atoms with Crippen LogP contribution in [0, 0.1) is 0 Å². The van der Waals surface area contributed by atoms with E-state index in [0.29, 0.717) is 30.4 Å². The van der Waals surface area contributed by atoms with Gasteiger partial charge in [0.05, 0.1) is 13.7 Å². The Hall–Kier alpha value is -1.51. The molecule has 4 N–H and O–H groups in total. The highest BCUT2D eigenvalue weighted by Gasteiger charge is 2.09. The Labute approximate surface area is 148 Å². The van der Waals surface area contributed by atoms with E-state index in [1.54, 1.807) is 31.4 Å². The van der Waals surface area contributed by atoms with Crippen LogP contribution in [-0.2, 0) is 0 Å². The molecule has 0 unspecified atom stereocenters. The van der Waals surface area contributed by atoms with Crippen LogP contribution in [0.25, 0.3) is 0 Å². The average Bonchev–Trinajstić information content (AvgIpc) is 2.41. The number of amides is 1. The molecule has 1 rings (SSSR count). The number of carbonyl (C=O) groups excluding carboxylic acids is 1. The SMILES string of the molecule is COc1cccc(C(=O)NCCN=C(N)NC(C)(C)C)c1.I. The zero-order valence-electron chi connectivity index (χ0n) is 13.5. The molecule has 0 fully saturated rings. The molecule has 0 saturated carbocycles. The number of nitrogens with zero attached hydrogens (tertiary/aromatic N) is 1. The molecule has 0 spiro atoms. The van der Waals surface area contributed by atoms with Gasteiger partial charge in [-0.05, 0) is 39.0 Å². The van der Waals surface area contributed by atoms with Crippen molar-refractivity contribution in [2.45, 2.75) is 26.3 Å². The summed E-state index contributed by atoms with van der Waals surface area (Å²) in [6.45, 7) is 6.84. The van der Waals surface area contributed by atoms with E-state index in [-0.39, 0.29) is 35.4 Å². The van der Waals surface area contributed by atoms with Gasteiger partial charge in [-0.2, -0.15) is 0 Å². The number of benzene rings is 1. The summed E-state index contributed by atoms with van der Waals surface area (Å²) in [5, 5.41) is 5.84. The largest absolute Gasteiger partial charge is 0.497 e. The van der Waals surface area contributed by atoms with Gasteiger partial charge >= 0.3 is 0 Å². The second-order valence-corrected chi connectivity index (χ2v) is 5.63. The highest BCUT2D eigenvalue weighted by Crippen LogP contribution is 2.12. The fourth-order valence-electron chi connectivity index (χ4n) is 1.64. The van der Waals surface area contributed by atoms with E-state index in [9.17, 15) is 4.79 Å². The van der Waals surface area contributed by atoms with Gasteiger partial charge in [0.2, 0.25) is 0 Å². The van der Waals surface area contributed by atoms with Crippen LogP contribution >= 0.6 is 24.0 Å². The molecular formula is C15H25IN4O2. The summed E-state index contributed by atoms with van der Waals surface area (Å²) in [5.74, 6) is 0.865. The van der Waals surface area contributed by atoms with Crippen LogP contribution in [-0.4, -0.2) is 37.6 Å². The number of rotatable bonds is 5. The molecule has 6 nitrogen and oxygen atoms in total. The van der Waals surface area contributed by atoms with Crippen molar-refractivity contribution in [2.75, 3.05) is 20.2 Å². The molecule has 0 aromatic heterocycles. The van der Waals surface area contributed by atoms with Crippen LogP contribution in [0.3, 0.4) is 0 Å². The van der Waals surface area contributed by atoms with Crippen LogP contribution in [0.5, 0.6) is 5.75 Å².